The topological polar surface area (TPSA) is 54.0 Å². The van der Waals surface area contributed by atoms with Gasteiger partial charge in [0.15, 0.2) is 0 Å². The summed E-state index contributed by atoms with van der Waals surface area (Å²) in [7, 11) is 4.29. The molecule has 0 aliphatic carbocycles. The van der Waals surface area contributed by atoms with Crippen LogP contribution >= 0.6 is 11.6 Å². The number of carbonyl (C=O) groups is 1. The molecule has 0 saturated heterocycles. The lowest BCUT2D eigenvalue weighted by Gasteiger charge is -2.13. The summed E-state index contributed by atoms with van der Waals surface area (Å²) in [5, 5.41) is 0.409. The maximum atomic E-state index is 11.6. The molecule has 5 nitrogen and oxygen atoms in total. The van der Waals surface area contributed by atoms with Gasteiger partial charge < -0.3 is 18.9 Å². The Kier molecular flexibility index (Phi) is 5.91. The fraction of sp³-hybridized carbons (Fsp3) is 0.417. The van der Waals surface area contributed by atoms with Crippen molar-refractivity contribution in [3.8, 4) is 5.75 Å². The molecule has 6 heteroatoms. The van der Waals surface area contributed by atoms with E-state index in [9.17, 15) is 4.79 Å². The monoisotopic (exact) mass is 274 g/mol. The van der Waals surface area contributed by atoms with Crippen LogP contribution in [0.4, 0.5) is 0 Å². The quantitative estimate of drug-likeness (QED) is 0.452. The van der Waals surface area contributed by atoms with Gasteiger partial charge in [-0.25, -0.2) is 4.79 Å². The van der Waals surface area contributed by atoms with Crippen molar-refractivity contribution in [1.82, 2.24) is 0 Å². The molecule has 0 unspecified atom stereocenters. The second kappa shape index (κ2) is 7.20. The van der Waals surface area contributed by atoms with E-state index in [2.05, 4.69) is 4.74 Å². The van der Waals surface area contributed by atoms with E-state index in [0.717, 1.165) is 0 Å². The van der Waals surface area contributed by atoms with Crippen LogP contribution in [0.5, 0.6) is 5.75 Å². The molecule has 0 radical (unpaired) electrons. The number of methoxy groups -OCH3 is 3. The Morgan fingerprint density at radius 2 is 2.00 bits per heavy atom. The average molecular weight is 275 g/mol. The van der Waals surface area contributed by atoms with Crippen molar-refractivity contribution in [3.63, 3.8) is 0 Å². The van der Waals surface area contributed by atoms with Crippen molar-refractivity contribution in [2.75, 3.05) is 28.1 Å². The number of rotatable bonds is 6. The lowest BCUT2D eigenvalue weighted by atomic mass is 10.1. The van der Waals surface area contributed by atoms with Crippen molar-refractivity contribution in [3.05, 3.63) is 28.3 Å². The summed E-state index contributed by atoms with van der Waals surface area (Å²) in [6.07, 6.45) is 0. The van der Waals surface area contributed by atoms with Gasteiger partial charge in [0.2, 0.25) is 0 Å². The highest BCUT2D eigenvalue weighted by Gasteiger charge is 2.18. The molecule has 0 spiro atoms. The molecule has 0 bridgehead atoms. The van der Waals surface area contributed by atoms with Gasteiger partial charge >= 0.3 is 5.97 Å². The van der Waals surface area contributed by atoms with Crippen LogP contribution in [0, 0.1) is 0 Å². The van der Waals surface area contributed by atoms with E-state index in [1.807, 2.05) is 0 Å². The molecule has 1 aromatic rings. The Bertz CT molecular complexity index is 419. The third kappa shape index (κ3) is 3.60. The molecule has 0 N–H and O–H groups in total. The van der Waals surface area contributed by atoms with Crippen LogP contribution in [-0.4, -0.2) is 34.1 Å². The van der Waals surface area contributed by atoms with E-state index in [-0.39, 0.29) is 19.0 Å². The molecule has 0 heterocycles. The molecular formula is C12H15ClO5. The van der Waals surface area contributed by atoms with Crippen LogP contribution in [0.3, 0.4) is 0 Å². The Morgan fingerprint density at radius 1 is 1.28 bits per heavy atom. The predicted octanol–water partition coefficient (Wildman–Crippen LogP) is 2.26. The first-order valence-corrected chi connectivity index (χ1v) is 5.53. The fourth-order valence-corrected chi connectivity index (χ4v) is 1.74. The molecule has 1 rings (SSSR count). The molecule has 18 heavy (non-hydrogen) atoms. The minimum Gasteiger partial charge on any atom is -0.495 e. The average Bonchev–Trinajstić information content (AvgIpc) is 2.37. The van der Waals surface area contributed by atoms with E-state index in [1.54, 1.807) is 6.07 Å². The third-order valence-electron chi connectivity index (χ3n) is 2.20. The number of carbonyl (C=O) groups excluding carboxylic acids is 1. The second-order valence-corrected chi connectivity index (χ2v) is 3.83. The summed E-state index contributed by atoms with van der Waals surface area (Å²) in [6.45, 7) is 0.366. The fourth-order valence-electron chi connectivity index (χ4n) is 1.49. The summed E-state index contributed by atoms with van der Waals surface area (Å²) in [4.78, 5) is 11.6. The predicted molar refractivity (Wildman–Crippen MR) is 66.0 cm³/mol. The SMILES string of the molecule is COCOCc1cc(Cl)cc(C(=O)OC)c1OC. The number of hydrogen-bond donors (Lipinski definition) is 0. The van der Waals surface area contributed by atoms with Gasteiger partial charge in [-0.15, -0.1) is 0 Å². The van der Waals surface area contributed by atoms with Crippen LogP contribution in [0.2, 0.25) is 5.02 Å². The Balaban J connectivity index is 3.08. The normalized spacial score (nSPS) is 10.2. The maximum absolute atomic E-state index is 11.6. The zero-order valence-electron chi connectivity index (χ0n) is 10.5. The Hall–Kier alpha value is -1.30. The summed E-state index contributed by atoms with van der Waals surface area (Å²) < 4.78 is 19.9. The first-order chi connectivity index (χ1) is 8.63. The summed E-state index contributed by atoms with van der Waals surface area (Å²) >= 11 is 5.94. The van der Waals surface area contributed by atoms with E-state index in [0.29, 0.717) is 16.3 Å². The summed E-state index contributed by atoms with van der Waals surface area (Å²) in [6, 6.07) is 3.16. The van der Waals surface area contributed by atoms with Gasteiger partial charge in [-0.3, -0.25) is 0 Å². The molecule has 0 aromatic heterocycles. The first-order valence-electron chi connectivity index (χ1n) is 5.15. The van der Waals surface area contributed by atoms with Gasteiger partial charge in [-0.2, -0.15) is 0 Å². The van der Waals surface area contributed by atoms with Crippen molar-refractivity contribution >= 4 is 17.6 Å². The molecule has 0 atom stereocenters. The molecule has 0 amide bonds. The van der Waals surface area contributed by atoms with Crippen LogP contribution in [0.1, 0.15) is 15.9 Å². The van der Waals surface area contributed by atoms with E-state index < -0.39 is 5.97 Å². The van der Waals surface area contributed by atoms with Crippen LogP contribution in [0.15, 0.2) is 12.1 Å². The van der Waals surface area contributed by atoms with E-state index >= 15 is 0 Å². The maximum Gasteiger partial charge on any atom is 0.341 e. The van der Waals surface area contributed by atoms with Gasteiger partial charge in [0.05, 0.1) is 20.8 Å². The molecule has 0 aliphatic rings. The van der Waals surface area contributed by atoms with E-state index in [1.165, 1.54) is 27.4 Å². The lowest BCUT2D eigenvalue weighted by Crippen LogP contribution is -2.07. The van der Waals surface area contributed by atoms with Gasteiger partial charge in [-0.1, -0.05) is 11.6 Å². The third-order valence-corrected chi connectivity index (χ3v) is 2.42. The minimum atomic E-state index is -0.512. The largest absolute Gasteiger partial charge is 0.495 e. The van der Waals surface area contributed by atoms with Crippen LogP contribution < -0.4 is 4.74 Å². The highest BCUT2D eigenvalue weighted by molar-refractivity contribution is 6.31. The highest BCUT2D eigenvalue weighted by Crippen LogP contribution is 2.29. The molecule has 0 saturated carbocycles. The zero-order chi connectivity index (χ0) is 13.5. The van der Waals surface area contributed by atoms with Crippen LogP contribution in [0.25, 0.3) is 0 Å². The summed E-state index contributed by atoms with van der Waals surface area (Å²) in [5.74, 6) is -0.121. The van der Waals surface area contributed by atoms with Gasteiger partial charge in [-0.05, 0) is 12.1 Å². The van der Waals surface area contributed by atoms with Crippen LogP contribution in [-0.2, 0) is 20.8 Å². The number of esters is 1. The first kappa shape index (κ1) is 14.8. The lowest BCUT2D eigenvalue weighted by molar-refractivity contribution is -0.0395. The summed E-state index contributed by atoms with van der Waals surface area (Å²) in [5.41, 5.74) is 0.922. The number of halogens is 1. The molecule has 0 fully saturated rings. The van der Waals surface area contributed by atoms with Crippen molar-refractivity contribution in [2.24, 2.45) is 0 Å². The van der Waals surface area contributed by atoms with Crippen molar-refractivity contribution in [1.29, 1.82) is 0 Å². The van der Waals surface area contributed by atoms with E-state index in [4.69, 9.17) is 25.8 Å². The molecule has 100 valence electrons. The van der Waals surface area contributed by atoms with Crippen molar-refractivity contribution in [2.45, 2.75) is 6.61 Å². The van der Waals surface area contributed by atoms with Crippen molar-refractivity contribution < 1.29 is 23.7 Å². The van der Waals surface area contributed by atoms with Gasteiger partial charge in [0.1, 0.15) is 18.1 Å². The Morgan fingerprint density at radius 3 is 2.56 bits per heavy atom. The highest BCUT2D eigenvalue weighted by atomic mass is 35.5. The standard InChI is InChI=1S/C12H15ClO5/c1-15-7-18-6-8-4-9(13)5-10(11(8)16-2)12(14)17-3/h4-5H,6-7H2,1-3H3. The Labute approximate surface area is 111 Å². The second-order valence-electron chi connectivity index (χ2n) is 3.39. The molecule has 0 aliphatic heterocycles. The number of benzene rings is 1. The smallest absolute Gasteiger partial charge is 0.341 e. The molecule has 1 aromatic carbocycles. The van der Waals surface area contributed by atoms with Gasteiger partial charge in [0, 0.05) is 17.7 Å². The molecular weight excluding hydrogens is 260 g/mol. The number of ether oxygens (including phenoxy) is 4. The van der Waals surface area contributed by atoms with Gasteiger partial charge in [0.25, 0.3) is 0 Å². The zero-order valence-corrected chi connectivity index (χ0v) is 11.2. The number of hydrogen-bond acceptors (Lipinski definition) is 5. The minimum absolute atomic E-state index is 0.142.